The molecule has 6 heteroatoms. The number of hydrogen-bond acceptors (Lipinski definition) is 3. The maximum absolute atomic E-state index is 12.0. The van der Waals surface area contributed by atoms with Gasteiger partial charge in [0.15, 0.2) is 0 Å². The van der Waals surface area contributed by atoms with Crippen LogP contribution < -0.4 is 0 Å². The Morgan fingerprint density at radius 3 is 2.71 bits per heavy atom. The molecule has 17 heavy (non-hydrogen) atoms. The second-order valence-corrected chi connectivity index (χ2v) is 3.87. The Morgan fingerprint density at radius 2 is 2.06 bits per heavy atom. The molecule has 0 radical (unpaired) electrons. The van der Waals surface area contributed by atoms with Crippen LogP contribution in [0.25, 0.3) is 0 Å². The molecule has 1 aromatic heterocycles. The highest BCUT2D eigenvalue weighted by Crippen LogP contribution is 2.08. The minimum Gasteiger partial charge on any atom is -0.481 e. The van der Waals surface area contributed by atoms with Crippen molar-refractivity contribution in [2.45, 2.75) is 6.42 Å². The third kappa shape index (κ3) is 2.85. The van der Waals surface area contributed by atoms with Gasteiger partial charge in [0.05, 0.1) is 19.6 Å². The van der Waals surface area contributed by atoms with Gasteiger partial charge in [0.25, 0.3) is 5.91 Å². The molecule has 0 bridgehead atoms. The first-order chi connectivity index (χ1) is 8.16. The summed E-state index contributed by atoms with van der Waals surface area (Å²) in [6, 6.07) is 3.25. The van der Waals surface area contributed by atoms with Crippen molar-refractivity contribution in [3.05, 3.63) is 23.5 Å². The summed E-state index contributed by atoms with van der Waals surface area (Å²) < 4.78 is 5.16. The molecule has 0 atom stereocenters. The van der Waals surface area contributed by atoms with Gasteiger partial charge in [-0.25, -0.2) is 0 Å². The molecule has 1 aliphatic heterocycles. The second kappa shape index (κ2) is 5.01. The van der Waals surface area contributed by atoms with Crippen molar-refractivity contribution in [1.82, 2.24) is 9.88 Å². The van der Waals surface area contributed by atoms with E-state index in [1.54, 1.807) is 17.0 Å². The molecule has 0 unspecified atom stereocenters. The van der Waals surface area contributed by atoms with Gasteiger partial charge < -0.3 is 19.7 Å². The quantitative estimate of drug-likeness (QED) is 0.783. The minimum absolute atomic E-state index is 0.101. The third-order valence-corrected chi connectivity index (χ3v) is 2.62. The maximum Gasteiger partial charge on any atom is 0.309 e. The molecule has 1 aliphatic rings. The lowest BCUT2D eigenvalue weighted by Crippen LogP contribution is -2.40. The van der Waals surface area contributed by atoms with E-state index in [1.807, 2.05) is 0 Å². The third-order valence-electron chi connectivity index (χ3n) is 2.62. The van der Waals surface area contributed by atoms with Crippen molar-refractivity contribution >= 4 is 11.9 Å². The first-order valence-corrected chi connectivity index (χ1v) is 5.43. The van der Waals surface area contributed by atoms with Gasteiger partial charge in [-0.3, -0.25) is 9.59 Å². The lowest BCUT2D eigenvalue weighted by molar-refractivity contribution is -0.136. The number of carbonyl (C=O) groups is 2. The molecule has 0 aromatic carbocycles. The summed E-state index contributed by atoms with van der Waals surface area (Å²) in [5, 5.41) is 8.63. The van der Waals surface area contributed by atoms with Gasteiger partial charge in [0.1, 0.15) is 5.69 Å². The monoisotopic (exact) mass is 238 g/mol. The van der Waals surface area contributed by atoms with Crippen molar-refractivity contribution in [2.75, 3.05) is 26.3 Å². The topological polar surface area (TPSA) is 82.6 Å². The van der Waals surface area contributed by atoms with E-state index in [1.165, 1.54) is 0 Å². The average molecular weight is 238 g/mol. The molecule has 1 aromatic rings. The summed E-state index contributed by atoms with van der Waals surface area (Å²) in [6.07, 6.45) is -0.101. The fourth-order valence-electron chi connectivity index (χ4n) is 1.77. The number of rotatable bonds is 3. The summed E-state index contributed by atoms with van der Waals surface area (Å²) in [6.45, 7) is 2.25. The average Bonchev–Trinajstić information content (AvgIpc) is 2.77. The molecular formula is C11H14N2O4. The van der Waals surface area contributed by atoms with Crippen LogP contribution in [0.4, 0.5) is 0 Å². The number of aromatic amines is 1. The number of H-pyrrole nitrogens is 1. The largest absolute Gasteiger partial charge is 0.481 e. The molecule has 6 nitrogen and oxygen atoms in total. The van der Waals surface area contributed by atoms with Crippen molar-refractivity contribution in [3.63, 3.8) is 0 Å². The Morgan fingerprint density at radius 1 is 1.35 bits per heavy atom. The molecule has 2 rings (SSSR count). The minimum atomic E-state index is -0.919. The number of nitrogens with one attached hydrogen (secondary N) is 1. The number of carboxylic acid groups (broad SMARTS) is 1. The van der Waals surface area contributed by atoms with Gasteiger partial charge in [0.2, 0.25) is 0 Å². The van der Waals surface area contributed by atoms with Crippen LogP contribution in [0.5, 0.6) is 0 Å². The number of aromatic nitrogens is 1. The van der Waals surface area contributed by atoms with Crippen molar-refractivity contribution in [1.29, 1.82) is 0 Å². The van der Waals surface area contributed by atoms with Crippen LogP contribution in [0, 0.1) is 0 Å². The summed E-state index contributed by atoms with van der Waals surface area (Å²) in [5.74, 6) is -1.03. The number of hydrogen-bond donors (Lipinski definition) is 2. The van der Waals surface area contributed by atoms with Gasteiger partial charge in [-0.2, -0.15) is 0 Å². The second-order valence-electron chi connectivity index (χ2n) is 3.87. The van der Waals surface area contributed by atoms with Crippen LogP contribution in [0.3, 0.4) is 0 Å². The number of ether oxygens (including phenoxy) is 1. The predicted molar refractivity (Wildman–Crippen MR) is 58.9 cm³/mol. The molecule has 0 saturated carbocycles. The van der Waals surface area contributed by atoms with Gasteiger partial charge in [0, 0.05) is 18.8 Å². The van der Waals surface area contributed by atoms with E-state index in [9.17, 15) is 9.59 Å². The van der Waals surface area contributed by atoms with Gasteiger partial charge in [-0.1, -0.05) is 0 Å². The highest BCUT2D eigenvalue weighted by molar-refractivity contribution is 5.92. The van der Waals surface area contributed by atoms with Crippen LogP contribution in [0.15, 0.2) is 12.1 Å². The van der Waals surface area contributed by atoms with Crippen LogP contribution in [-0.4, -0.2) is 53.2 Å². The Labute approximate surface area is 98.2 Å². The Hall–Kier alpha value is -1.82. The van der Waals surface area contributed by atoms with Crippen LogP contribution in [-0.2, 0) is 16.0 Å². The SMILES string of the molecule is O=C(O)Cc1ccc(C(=O)N2CCOCC2)[nH]1. The van der Waals surface area contributed by atoms with E-state index in [2.05, 4.69) is 4.98 Å². The maximum atomic E-state index is 12.0. The van der Waals surface area contributed by atoms with Crippen LogP contribution >= 0.6 is 0 Å². The zero-order valence-electron chi connectivity index (χ0n) is 9.31. The van der Waals surface area contributed by atoms with E-state index < -0.39 is 5.97 Å². The Balaban J connectivity index is 2.03. The lowest BCUT2D eigenvalue weighted by atomic mass is 10.3. The standard InChI is InChI=1S/C11H14N2O4/c14-10(15)7-8-1-2-9(12-8)11(16)13-3-5-17-6-4-13/h1-2,12H,3-7H2,(H,14,15). The number of morpholine rings is 1. The Kier molecular flexibility index (Phi) is 3.43. The zero-order chi connectivity index (χ0) is 12.3. The van der Waals surface area contributed by atoms with Crippen molar-refractivity contribution < 1.29 is 19.4 Å². The number of amides is 1. The van der Waals surface area contributed by atoms with E-state index in [0.29, 0.717) is 37.7 Å². The number of carboxylic acids is 1. The predicted octanol–water partition coefficient (Wildman–Crippen LogP) is 0.114. The summed E-state index contributed by atoms with van der Waals surface area (Å²) in [7, 11) is 0. The summed E-state index contributed by atoms with van der Waals surface area (Å²) in [4.78, 5) is 27.0. The molecular weight excluding hydrogens is 224 g/mol. The molecule has 1 saturated heterocycles. The zero-order valence-corrected chi connectivity index (χ0v) is 9.31. The number of carbonyl (C=O) groups excluding carboxylic acids is 1. The molecule has 1 amide bonds. The first kappa shape index (κ1) is 11.7. The Bertz CT molecular complexity index is 421. The van der Waals surface area contributed by atoms with Crippen molar-refractivity contribution in [2.24, 2.45) is 0 Å². The number of nitrogens with zero attached hydrogens (tertiary/aromatic N) is 1. The highest BCUT2D eigenvalue weighted by Gasteiger charge is 2.19. The van der Waals surface area contributed by atoms with Crippen molar-refractivity contribution in [3.8, 4) is 0 Å². The molecule has 2 N–H and O–H groups in total. The number of aliphatic carboxylic acids is 1. The molecule has 1 fully saturated rings. The molecule has 92 valence electrons. The van der Waals surface area contributed by atoms with E-state index >= 15 is 0 Å². The van der Waals surface area contributed by atoms with Crippen LogP contribution in [0.2, 0.25) is 0 Å². The lowest BCUT2D eigenvalue weighted by Gasteiger charge is -2.26. The van der Waals surface area contributed by atoms with Crippen LogP contribution in [0.1, 0.15) is 16.2 Å². The van der Waals surface area contributed by atoms with E-state index in [-0.39, 0.29) is 12.3 Å². The highest BCUT2D eigenvalue weighted by atomic mass is 16.5. The van der Waals surface area contributed by atoms with Gasteiger partial charge >= 0.3 is 5.97 Å². The van der Waals surface area contributed by atoms with E-state index in [0.717, 1.165) is 0 Å². The fraction of sp³-hybridized carbons (Fsp3) is 0.455. The van der Waals surface area contributed by atoms with E-state index in [4.69, 9.17) is 9.84 Å². The van der Waals surface area contributed by atoms with Gasteiger partial charge in [-0.05, 0) is 12.1 Å². The molecule has 0 spiro atoms. The first-order valence-electron chi connectivity index (χ1n) is 5.43. The molecule has 2 heterocycles. The smallest absolute Gasteiger partial charge is 0.309 e. The van der Waals surface area contributed by atoms with Gasteiger partial charge in [-0.15, -0.1) is 0 Å². The molecule has 0 aliphatic carbocycles. The summed E-state index contributed by atoms with van der Waals surface area (Å²) in [5.41, 5.74) is 0.970. The fourth-order valence-corrected chi connectivity index (χ4v) is 1.77. The normalized spacial score (nSPS) is 15.9. The summed E-state index contributed by atoms with van der Waals surface area (Å²) >= 11 is 0.